The maximum Gasteiger partial charge on any atom is 0.310 e. The van der Waals surface area contributed by atoms with Crippen molar-refractivity contribution < 1.29 is 9.53 Å². The second-order valence-corrected chi connectivity index (χ2v) is 4.24. The number of esters is 1. The summed E-state index contributed by atoms with van der Waals surface area (Å²) >= 11 is 0. The topological polar surface area (TPSA) is 42.4 Å². The number of likely N-dealkylation sites (tertiary alicyclic amines) is 1. The second kappa shape index (κ2) is 4.61. The van der Waals surface area contributed by atoms with Crippen LogP contribution >= 0.6 is 0 Å². The number of aromatic nitrogens is 1. The molecular formula is C12H16N2O2. The lowest BCUT2D eigenvalue weighted by atomic mass is 9.90. The smallest absolute Gasteiger partial charge is 0.310 e. The number of carbonyl (C=O) groups is 1. The third kappa shape index (κ3) is 2.07. The van der Waals surface area contributed by atoms with Gasteiger partial charge in [-0.2, -0.15) is 0 Å². The van der Waals surface area contributed by atoms with Gasteiger partial charge in [0.15, 0.2) is 0 Å². The Labute approximate surface area is 95.2 Å². The number of hydrogen-bond acceptors (Lipinski definition) is 4. The Morgan fingerprint density at radius 1 is 1.56 bits per heavy atom. The molecule has 0 bridgehead atoms. The zero-order valence-electron chi connectivity index (χ0n) is 9.59. The van der Waals surface area contributed by atoms with Crippen molar-refractivity contribution in [3.63, 3.8) is 0 Å². The minimum Gasteiger partial charge on any atom is -0.469 e. The van der Waals surface area contributed by atoms with Gasteiger partial charge in [0.05, 0.1) is 13.0 Å². The van der Waals surface area contributed by atoms with Crippen molar-refractivity contribution in [3.05, 3.63) is 30.1 Å². The van der Waals surface area contributed by atoms with E-state index in [1.165, 1.54) is 7.11 Å². The Morgan fingerprint density at radius 2 is 2.38 bits per heavy atom. The first kappa shape index (κ1) is 11.1. The van der Waals surface area contributed by atoms with Gasteiger partial charge >= 0.3 is 5.97 Å². The third-order valence-electron chi connectivity index (χ3n) is 3.12. The molecule has 0 radical (unpaired) electrons. The highest BCUT2D eigenvalue weighted by atomic mass is 16.5. The van der Waals surface area contributed by atoms with E-state index in [0.29, 0.717) is 0 Å². The average Bonchev–Trinajstić information content (AvgIpc) is 2.71. The third-order valence-corrected chi connectivity index (χ3v) is 3.12. The van der Waals surface area contributed by atoms with Crippen LogP contribution in [0.5, 0.6) is 0 Å². The van der Waals surface area contributed by atoms with Gasteiger partial charge in [-0.25, -0.2) is 0 Å². The molecule has 4 heteroatoms. The molecule has 2 atom stereocenters. The maximum absolute atomic E-state index is 11.7. The van der Waals surface area contributed by atoms with Gasteiger partial charge in [-0.15, -0.1) is 0 Å². The van der Waals surface area contributed by atoms with E-state index in [1.807, 2.05) is 25.4 Å². The van der Waals surface area contributed by atoms with Crippen molar-refractivity contribution in [3.8, 4) is 0 Å². The number of carbonyl (C=O) groups excluding carboxylic acids is 1. The van der Waals surface area contributed by atoms with Gasteiger partial charge in [-0.3, -0.25) is 9.78 Å². The Bertz CT molecular complexity index is 367. The van der Waals surface area contributed by atoms with Gasteiger partial charge < -0.3 is 9.64 Å². The lowest BCUT2D eigenvalue weighted by Gasteiger charge is -2.15. The number of methoxy groups -OCH3 is 1. The molecule has 0 unspecified atom stereocenters. The van der Waals surface area contributed by atoms with Crippen LogP contribution in [-0.2, 0) is 9.53 Å². The Balaban J connectivity index is 2.22. The number of nitrogens with zero attached hydrogens (tertiary/aromatic N) is 2. The van der Waals surface area contributed by atoms with E-state index in [2.05, 4.69) is 9.88 Å². The first-order valence-electron chi connectivity index (χ1n) is 5.38. The van der Waals surface area contributed by atoms with E-state index in [-0.39, 0.29) is 17.8 Å². The molecule has 1 aromatic rings. The van der Waals surface area contributed by atoms with Gasteiger partial charge in [0.1, 0.15) is 0 Å². The predicted molar refractivity (Wildman–Crippen MR) is 60.0 cm³/mol. The van der Waals surface area contributed by atoms with Crippen LogP contribution in [0.2, 0.25) is 0 Å². The molecule has 2 heterocycles. The van der Waals surface area contributed by atoms with Crippen LogP contribution in [0.15, 0.2) is 24.5 Å². The van der Waals surface area contributed by atoms with E-state index < -0.39 is 0 Å². The molecule has 0 saturated carbocycles. The zero-order chi connectivity index (χ0) is 11.5. The van der Waals surface area contributed by atoms with Crippen LogP contribution in [0.4, 0.5) is 0 Å². The summed E-state index contributed by atoms with van der Waals surface area (Å²) in [4.78, 5) is 17.9. The molecule has 1 aliphatic heterocycles. The predicted octanol–water partition coefficient (Wildman–Crippen LogP) is 0.900. The number of hydrogen-bond donors (Lipinski definition) is 0. The minimum atomic E-state index is -0.127. The molecule has 1 saturated heterocycles. The first-order valence-corrected chi connectivity index (χ1v) is 5.38. The summed E-state index contributed by atoms with van der Waals surface area (Å²) in [5.41, 5.74) is 1.11. The number of likely N-dealkylation sites (N-methyl/N-ethyl adjacent to an activating group) is 1. The van der Waals surface area contributed by atoms with E-state index in [9.17, 15) is 4.79 Å². The van der Waals surface area contributed by atoms with E-state index in [0.717, 1.165) is 18.7 Å². The molecule has 86 valence electrons. The molecule has 1 aromatic heterocycles. The molecule has 0 aliphatic carbocycles. The Morgan fingerprint density at radius 3 is 3.00 bits per heavy atom. The van der Waals surface area contributed by atoms with Crippen molar-refractivity contribution in [1.82, 2.24) is 9.88 Å². The highest BCUT2D eigenvalue weighted by Crippen LogP contribution is 2.32. The van der Waals surface area contributed by atoms with Crippen molar-refractivity contribution in [2.24, 2.45) is 5.92 Å². The molecule has 0 amide bonds. The van der Waals surface area contributed by atoms with Crippen LogP contribution in [0.1, 0.15) is 11.5 Å². The quantitative estimate of drug-likeness (QED) is 0.694. The lowest BCUT2D eigenvalue weighted by Crippen LogP contribution is -2.23. The fraction of sp³-hybridized carbons (Fsp3) is 0.500. The van der Waals surface area contributed by atoms with Crippen molar-refractivity contribution >= 4 is 5.97 Å². The zero-order valence-corrected chi connectivity index (χ0v) is 9.59. The number of ether oxygens (including phenoxy) is 1. The highest BCUT2D eigenvalue weighted by molar-refractivity contribution is 5.74. The summed E-state index contributed by atoms with van der Waals surface area (Å²) < 4.78 is 4.85. The fourth-order valence-corrected chi connectivity index (χ4v) is 2.32. The summed E-state index contributed by atoms with van der Waals surface area (Å²) in [6.45, 7) is 1.64. The van der Waals surface area contributed by atoms with Crippen molar-refractivity contribution in [2.75, 3.05) is 27.2 Å². The molecule has 4 nitrogen and oxygen atoms in total. The summed E-state index contributed by atoms with van der Waals surface area (Å²) in [6, 6.07) is 3.93. The van der Waals surface area contributed by atoms with Crippen LogP contribution in [-0.4, -0.2) is 43.1 Å². The number of rotatable bonds is 2. The Hall–Kier alpha value is -1.42. The highest BCUT2D eigenvalue weighted by Gasteiger charge is 2.37. The summed E-state index contributed by atoms with van der Waals surface area (Å²) in [5.74, 6) is 0.00329. The van der Waals surface area contributed by atoms with Crippen LogP contribution in [0.25, 0.3) is 0 Å². The molecule has 2 rings (SSSR count). The van der Waals surface area contributed by atoms with Gasteiger partial charge in [-0.05, 0) is 18.7 Å². The average molecular weight is 220 g/mol. The molecular weight excluding hydrogens is 204 g/mol. The second-order valence-electron chi connectivity index (χ2n) is 4.24. The Kier molecular flexibility index (Phi) is 3.19. The first-order chi connectivity index (χ1) is 7.72. The molecule has 1 aliphatic rings. The summed E-state index contributed by atoms with van der Waals surface area (Å²) in [6.07, 6.45) is 3.58. The number of pyridine rings is 1. The van der Waals surface area contributed by atoms with E-state index in [1.54, 1.807) is 6.20 Å². The molecule has 0 spiro atoms. The van der Waals surface area contributed by atoms with E-state index in [4.69, 9.17) is 4.74 Å². The molecule has 0 aromatic carbocycles. The fourth-order valence-electron chi connectivity index (χ4n) is 2.32. The van der Waals surface area contributed by atoms with Gasteiger partial charge in [-0.1, -0.05) is 6.07 Å². The van der Waals surface area contributed by atoms with Gasteiger partial charge in [0, 0.05) is 31.4 Å². The maximum atomic E-state index is 11.7. The lowest BCUT2D eigenvalue weighted by molar-refractivity contribution is -0.145. The molecule has 0 N–H and O–H groups in total. The van der Waals surface area contributed by atoms with Gasteiger partial charge in [0.25, 0.3) is 0 Å². The van der Waals surface area contributed by atoms with E-state index >= 15 is 0 Å². The largest absolute Gasteiger partial charge is 0.469 e. The summed E-state index contributed by atoms with van der Waals surface area (Å²) in [5, 5.41) is 0. The van der Waals surface area contributed by atoms with Crippen LogP contribution < -0.4 is 0 Å². The normalized spacial score (nSPS) is 25.6. The van der Waals surface area contributed by atoms with Crippen molar-refractivity contribution in [2.45, 2.75) is 5.92 Å². The standard InChI is InChI=1S/C12H16N2O2/c1-14-7-10(9-4-3-5-13-6-9)11(8-14)12(15)16-2/h3-6,10-11H,7-8H2,1-2H3/t10-,11+/m1/s1. The SMILES string of the molecule is COC(=O)[C@H]1CN(C)C[C@@H]1c1cccnc1. The molecule has 1 fully saturated rings. The minimum absolute atomic E-state index is 0.0702. The molecule has 16 heavy (non-hydrogen) atoms. The monoisotopic (exact) mass is 220 g/mol. The summed E-state index contributed by atoms with van der Waals surface area (Å²) in [7, 11) is 3.47. The van der Waals surface area contributed by atoms with Crippen molar-refractivity contribution in [1.29, 1.82) is 0 Å². The van der Waals surface area contributed by atoms with Crippen LogP contribution in [0, 0.1) is 5.92 Å². The van der Waals surface area contributed by atoms with Crippen LogP contribution in [0.3, 0.4) is 0 Å². The van der Waals surface area contributed by atoms with Gasteiger partial charge in [0.2, 0.25) is 0 Å².